The van der Waals surface area contributed by atoms with E-state index in [4.69, 9.17) is 9.47 Å². The number of hydrogen-bond acceptors (Lipinski definition) is 5. The first kappa shape index (κ1) is 25.0. The molecule has 1 N–H and O–H groups in total. The van der Waals surface area contributed by atoms with Crippen LogP contribution >= 0.6 is 0 Å². The molecule has 1 unspecified atom stereocenters. The number of piperidine rings is 1. The van der Waals surface area contributed by atoms with E-state index in [-0.39, 0.29) is 23.8 Å². The fraction of sp³-hybridized carbons (Fsp3) is 0.500. The molecule has 0 aromatic heterocycles. The van der Waals surface area contributed by atoms with Crippen LogP contribution in [0.25, 0.3) is 0 Å². The van der Waals surface area contributed by atoms with Crippen LogP contribution in [-0.2, 0) is 11.2 Å². The molecule has 0 radical (unpaired) electrons. The molecular formula is C28H37N3O4. The third-order valence-electron chi connectivity index (χ3n) is 7.39. The maximum absolute atomic E-state index is 13.5. The van der Waals surface area contributed by atoms with Crippen molar-refractivity contribution >= 4 is 11.8 Å². The predicted molar refractivity (Wildman–Crippen MR) is 136 cm³/mol. The van der Waals surface area contributed by atoms with Crippen molar-refractivity contribution in [3.05, 3.63) is 59.2 Å². The summed E-state index contributed by atoms with van der Waals surface area (Å²) in [5.74, 6) is 1.78. The molecule has 2 heterocycles. The molecule has 35 heavy (non-hydrogen) atoms. The third kappa shape index (κ3) is 5.01. The van der Waals surface area contributed by atoms with Crippen molar-refractivity contribution in [1.29, 1.82) is 0 Å². The van der Waals surface area contributed by atoms with E-state index in [1.165, 1.54) is 0 Å². The number of amides is 2. The Labute approximate surface area is 208 Å². The summed E-state index contributed by atoms with van der Waals surface area (Å²) in [4.78, 5) is 30.5. The van der Waals surface area contributed by atoms with Crippen LogP contribution in [0.5, 0.6) is 11.5 Å². The van der Waals surface area contributed by atoms with Crippen LogP contribution in [0.4, 0.5) is 0 Å². The van der Waals surface area contributed by atoms with Gasteiger partial charge in [0.15, 0.2) is 11.5 Å². The molecule has 2 amide bonds. The van der Waals surface area contributed by atoms with Crippen molar-refractivity contribution in [3.8, 4) is 11.5 Å². The summed E-state index contributed by atoms with van der Waals surface area (Å²) in [6.07, 6.45) is 2.14. The number of likely N-dealkylation sites (tertiary alicyclic amines) is 1. The van der Waals surface area contributed by atoms with Gasteiger partial charge in [-0.05, 0) is 49.1 Å². The summed E-state index contributed by atoms with van der Waals surface area (Å²) in [5, 5.41) is 3.68. The average molecular weight is 480 g/mol. The van der Waals surface area contributed by atoms with Crippen molar-refractivity contribution in [2.24, 2.45) is 5.92 Å². The molecule has 2 aromatic carbocycles. The summed E-state index contributed by atoms with van der Waals surface area (Å²) in [6, 6.07) is 13.4. The summed E-state index contributed by atoms with van der Waals surface area (Å²) < 4.78 is 10.8. The Balaban J connectivity index is 1.49. The Hall–Kier alpha value is -3.06. The van der Waals surface area contributed by atoms with Crippen molar-refractivity contribution in [2.45, 2.75) is 51.7 Å². The zero-order chi connectivity index (χ0) is 25.2. The zero-order valence-electron chi connectivity index (χ0n) is 21.5. The molecule has 188 valence electrons. The van der Waals surface area contributed by atoms with Crippen LogP contribution in [0.15, 0.2) is 42.5 Å². The van der Waals surface area contributed by atoms with Gasteiger partial charge in [0.1, 0.15) is 0 Å². The van der Waals surface area contributed by atoms with Crippen molar-refractivity contribution in [3.63, 3.8) is 0 Å². The second-order valence-electron chi connectivity index (χ2n) is 9.99. The topological polar surface area (TPSA) is 71.1 Å². The number of hydrogen-bond donors (Lipinski definition) is 1. The highest BCUT2D eigenvalue weighted by Gasteiger charge is 2.52. The molecule has 2 saturated heterocycles. The molecule has 2 aliphatic rings. The van der Waals surface area contributed by atoms with Gasteiger partial charge in [0.05, 0.1) is 25.9 Å². The molecule has 7 heteroatoms. The lowest BCUT2D eigenvalue weighted by molar-refractivity contribution is -0.133. The van der Waals surface area contributed by atoms with E-state index in [1.807, 2.05) is 59.2 Å². The number of methoxy groups -OCH3 is 2. The van der Waals surface area contributed by atoms with Crippen molar-refractivity contribution in [2.75, 3.05) is 33.9 Å². The first-order valence-electron chi connectivity index (χ1n) is 12.4. The van der Waals surface area contributed by atoms with Crippen molar-refractivity contribution in [1.82, 2.24) is 15.1 Å². The zero-order valence-corrected chi connectivity index (χ0v) is 21.5. The van der Waals surface area contributed by atoms with E-state index in [9.17, 15) is 9.59 Å². The number of nitrogens with one attached hydrogen (secondary N) is 1. The minimum absolute atomic E-state index is 0.0569. The smallest absolute Gasteiger partial charge is 0.253 e. The molecule has 4 rings (SSSR count). The maximum atomic E-state index is 13.5. The highest BCUT2D eigenvalue weighted by molar-refractivity contribution is 5.94. The molecule has 1 atom stereocenters. The second kappa shape index (κ2) is 10.3. The first-order chi connectivity index (χ1) is 16.8. The van der Waals surface area contributed by atoms with Gasteiger partial charge in [0.25, 0.3) is 5.91 Å². The van der Waals surface area contributed by atoms with E-state index in [2.05, 4.69) is 19.2 Å². The minimum Gasteiger partial charge on any atom is -0.493 e. The summed E-state index contributed by atoms with van der Waals surface area (Å²) in [5.41, 5.74) is 2.52. The molecule has 2 fully saturated rings. The second-order valence-corrected chi connectivity index (χ2v) is 9.99. The van der Waals surface area contributed by atoms with Crippen LogP contribution in [-0.4, -0.2) is 67.2 Å². The van der Waals surface area contributed by atoms with Crippen LogP contribution in [0.1, 0.15) is 48.2 Å². The maximum Gasteiger partial charge on any atom is 0.253 e. The Morgan fingerprint density at radius 1 is 1.06 bits per heavy atom. The number of benzene rings is 2. The predicted octanol–water partition coefficient (Wildman–Crippen LogP) is 3.64. The Morgan fingerprint density at radius 3 is 2.31 bits per heavy atom. The SMILES string of the molecule is COc1ccc(CCN2C(=O)C(C(C)C)NC23CCN(C(=O)c2ccc(C)cc2)CC3)cc1OC. The standard InChI is InChI=1S/C28H37N3O4/c1-19(2)25-27(33)31(15-12-21-8-11-23(34-4)24(18-21)35-5)28(29-25)13-16-30(17-14-28)26(32)22-9-6-20(3)7-10-22/h6-11,18-19,25,29H,12-17H2,1-5H3. The van der Waals surface area contributed by atoms with Crippen LogP contribution in [0.3, 0.4) is 0 Å². The van der Waals surface area contributed by atoms with Crippen LogP contribution < -0.4 is 14.8 Å². The van der Waals surface area contributed by atoms with E-state index in [1.54, 1.807) is 14.2 Å². The number of aryl methyl sites for hydroxylation is 1. The fourth-order valence-electron chi connectivity index (χ4n) is 5.23. The normalized spacial score (nSPS) is 19.5. The monoisotopic (exact) mass is 479 g/mol. The van der Waals surface area contributed by atoms with E-state index >= 15 is 0 Å². The molecule has 1 spiro atoms. The molecule has 0 aliphatic carbocycles. The molecule has 0 saturated carbocycles. The number of ether oxygens (including phenoxy) is 2. The van der Waals surface area contributed by atoms with Gasteiger partial charge in [-0.1, -0.05) is 37.6 Å². The summed E-state index contributed by atoms with van der Waals surface area (Å²) in [6.45, 7) is 8.02. The largest absolute Gasteiger partial charge is 0.493 e. The number of nitrogens with zero attached hydrogens (tertiary/aromatic N) is 2. The minimum atomic E-state index is -0.424. The van der Waals surface area contributed by atoms with E-state index < -0.39 is 5.66 Å². The van der Waals surface area contributed by atoms with Gasteiger partial charge >= 0.3 is 0 Å². The summed E-state index contributed by atoms with van der Waals surface area (Å²) >= 11 is 0. The first-order valence-corrected chi connectivity index (χ1v) is 12.4. The number of rotatable bonds is 7. The molecule has 2 aromatic rings. The lowest BCUT2D eigenvalue weighted by atomic mass is 9.94. The van der Waals surface area contributed by atoms with Gasteiger partial charge in [0.2, 0.25) is 5.91 Å². The van der Waals surface area contributed by atoms with Gasteiger partial charge in [-0.15, -0.1) is 0 Å². The van der Waals surface area contributed by atoms with Crippen LogP contribution in [0, 0.1) is 12.8 Å². The Bertz CT molecular complexity index is 1060. The molecule has 2 aliphatic heterocycles. The average Bonchev–Trinajstić information content (AvgIpc) is 3.14. The van der Waals surface area contributed by atoms with Crippen molar-refractivity contribution < 1.29 is 19.1 Å². The van der Waals surface area contributed by atoms with E-state index in [0.29, 0.717) is 56.0 Å². The quantitative estimate of drug-likeness (QED) is 0.657. The number of carbonyl (C=O) groups is 2. The van der Waals surface area contributed by atoms with Gasteiger partial charge in [-0.25, -0.2) is 0 Å². The van der Waals surface area contributed by atoms with Gasteiger partial charge in [0, 0.05) is 38.0 Å². The van der Waals surface area contributed by atoms with Crippen LogP contribution in [0.2, 0.25) is 0 Å². The lowest BCUT2D eigenvalue weighted by Gasteiger charge is -2.45. The Morgan fingerprint density at radius 2 is 1.71 bits per heavy atom. The van der Waals surface area contributed by atoms with Gasteiger partial charge in [-0.3, -0.25) is 14.9 Å². The molecular weight excluding hydrogens is 442 g/mol. The highest BCUT2D eigenvalue weighted by atomic mass is 16.5. The summed E-state index contributed by atoms with van der Waals surface area (Å²) in [7, 11) is 3.25. The van der Waals surface area contributed by atoms with Gasteiger partial charge in [-0.2, -0.15) is 0 Å². The highest BCUT2D eigenvalue weighted by Crippen LogP contribution is 2.35. The van der Waals surface area contributed by atoms with E-state index in [0.717, 1.165) is 11.1 Å². The van der Waals surface area contributed by atoms with Gasteiger partial charge < -0.3 is 19.3 Å². The lowest BCUT2D eigenvalue weighted by Crippen LogP contribution is -2.60. The Kier molecular flexibility index (Phi) is 7.36. The molecule has 7 nitrogen and oxygen atoms in total. The molecule has 0 bridgehead atoms. The number of carbonyl (C=O) groups excluding carboxylic acids is 2. The third-order valence-corrected chi connectivity index (χ3v) is 7.39. The fourth-order valence-corrected chi connectivity index (χ4v) is 5.23.